The molecule has 0 bridgehead atoms. The first kappa shape index (κ1) is 14.3. The van der Waals surface area contributed by atoms with Gasteiger partial charge in [-0.2, -0.15) is 0 Å². The van der Waals surface area contributed by atoms with Crippen molar-refractivity contribution in [2.75, 3.05) is 13.1 Å². The van der Waals surface area contributed by atoms with Crippen molar-refractivity contribution in [3.8, 4) is 0 Å². The van der Waals surface area contributed by atoms with Gasteiger partial charge in [0, 0.05) is 22.2 Å². The Morgan fingerprint density at radius 1 is 1.42 bits per heavy atom. The molecule has 1 unspecified atom stereocenters. The predicted octanol–water partition coefficient (Wildman–Crippen LogP) is 2.54. The van der Waals surface area contributed by atoms with Gasteiger partial charge in [0.15, 0.2) is 0 Å². The van der Waals surface area contributed by atoms with Crippen molar-refractivity contribution in [3.05, 3.63) is 32.9 Å². The summed E-state index contributed by atoms with van der Waals surface area (Å²) in [5, 5.41) is 9.05. The van der Waals surface area contributed by atoms with E-state index in [1.807, 2.05) is 25.1 Å². The molecule has 19 heavy (non-hydrogen) atoms. The van der Waals surface area contributed by atoms with Crippen LogP contribution >= 0.6 is 22.6 Å². The van der Waals surface area contributed by atoms with Crippen LogP contribution in [0.5, 0.6) is 0 Å². The van der Waals surface area contributed by atoms with Gasteiger partial charge in [-0.25, -0.2) is 0 Å². The number of halogens is 1. The first-order valence-electron chi connectivity index (χ1n) is 6.27. The standard InChI is InChI=1S/C14H16INO3/c1-9-4-5-10(7-12(9)15)13(17)16-6-2-3-11(8-16)14(18)19/h4-5,7,11H,2-3,6,8H2,1H3,(H,18,19). The van der Waals surface area contributed by atoms with Crippen LogP contribution in [0.3, 0.4) is 0 Å². The van der Waals surface area contributed by atoms with Crippen LogP contribution in [0.1, 0.15) is 28.8 Å². The third-order valence-corrected chi connectivity index (χ3v) is 4.64. The second-order valence-corrected chi connectivity index (χ2v) is 6.05. The molecule has 1 aliphatic heterocycles. The number of piperidine rings is 1. The van der Waals surface area contributed by atoms with Crippen molar-refractivity contribution >= 4 is 34.5 Å². The summed E-state index contributed by atoms with van der Waals surface area (Å²) in [6, 6.07) is 5.60. The van der Waals surface area contributed by atoms with Crippen LogP contribution in [0.25, 0.3) is 0 Å². The van der Waals surface area contributed by atoms with E-state index in [0.717, 1.165) is 15.6 Å². The number of amides is 1. The summed E-state index contributed by atoms with van der Waals surface area (Å²) in [7, 11) is 0. The third kappa shape index (κ3) is 3.26. The van der Waals surface area contributed by atoms with E-state index in [2.05, 4.69) is 22.6 Å². The highest BCUT2D eigenvalue weighted by Crippen LogP contribution is 2.20. The number of carboxylic acid groups (broad SMARTS) is 1. The molecule has 1 fully saturated rings. The average molecular weight is 373 g/mol. The third-order valence-electron chi connectivity index (χ3n) is 3.48. The molecule has 0 aliphatic carbocycles. The summed E-state index contributed by atoms with van der Waals surface area (Å²) in [5.74, 6) is -1.30. The molecule has 0 aromatic heterocycles. The number of rotatable bonds is 2. The van der Waals surface area contributed by atoms with E-state index >= 15 is 0 Å². The first-order chi connectivity index (χ1) is 8.99. The van der Waals surface area contributed by atoms with Crippen molar-refractivity contribution in [1.29, 1.82) is 0 Å². The number of aliphatic carboxylic acids is 1. The maximum Gasteiger partial charge on any atom is 0.308 e. The predicted molar refractivity (Wildman–Crippen MR) is 80.2 cm³/mol. The van der Waals surface area contributed by atoms with E-state index in [-0.39, 0.29) is 5.91 Å². The fourth-order valence-corrected chi connectivity index (χ4v) is 2.79. The van der Waals surface area contributed by atoms with E-state index in [1.165, 1.54) is 0 Å². The number of nitrogens with zero attached hydrogens (tertiary/aromatic N) is 1. The number of aryl methyl sites for hydroxylation is 1. The fraction of sp³-hybridized carbons (Fsp3) is 0.429. The van der Waals surface area contributed by atoms with Gasteiger partial charge in [0.25, 0.3) is 5.91 Å². The quantitative estimate of drug-likeness (QED) is 0.811. The number of carboxylic acids is 1. The van der Waals surface area contributed by atoms with Crippen LogP contribution in [0.4, 0.5) is 0 Å². The Morgan fingerprint density at radius 2 is 2.16 bits per heavy atom. The number of carbonyl (C=O) groups excluding carboxylic acids is 1. The van der Waals surface area contributed by atoms with Gasteiger partial charge in [-0.05, 0) is 60.1 Å². The summed E-state index contributed by atoms with van der Waals surface area (Å²) in [5.41, 5.74) is 1.78. The zero-order valence-electron chi connectivity index (χ0n) is 10.7. The number of carbonyl (C=O) groups is 2. The molecule has 0 saturated carbocycles. The molecule has 1 amide bonds. The smallest absolute Gasteiger partial charge is 0.308 e. The second-order valence-electron chi connectivity index (χ2n) is 4.89. The van der Waals surface area contributed by atoms with E-state index in [1.54, 1.807) is 4.90 Å². The molecule has 102 valence electrons. The summed E-state index contributed by atoms with van der Waals surface area (Å²) < 4.78 is 1.05. The number of benzene rings is 1. The van der Waals surface area contributed by atoms with Gasteiger partial charge >= 0.3 is 5.97 Å². The molecule has 1 aliphatic rings. The van der Waals surface area contributed by atoms with Crippen molar-refractivity contribution in [2.24, 2.45) is 5.92 Å². The minimum absolute atomic E-state index is 0.0659. The van der Waals surface area contributed by atoms with Crippen molar-refractivity contribution in [3.63, 3.8) is 0 Å². The lowest BCUT2D eigenvalue weighted by molar-refractivity contribution is -0.143. The zero-order valence-corrected chi connectivity index (χ0v) is 12.9. The zero-order chi connectivity index (χ0) is 14.0. The molecular formula is C14H16INO3. The average Bonchev–Trinajstić information content (AvgIpc) is 2.41. The van der Waals surface area contributed by atoms with Gasteiger partial charge in [0.05, 0.1) is 5.92 Å². The number of hydrogen-bond donors (Lipinski definition) is 1. The Bertz CT molecular complexity index is 515. The highest BCUT2D eigenvalue weighted by atomic mass is 127. The largest absolute Gasteiger partial charge is 0.481 e. The Hall–Kier alpha value is -1.11. The minimum atomic E-state index is -0.809. The van der Waals surface area contributed by atoms with Gasteiger partial charge in [0.2, 0.25) is 0 Å². The van der Waals surface area contributed by atoms with Crippen LogP contribution in [0.15, 0.2) is 18.2 Å². The molecule has 1 heterocycles. The summed E-state index contributed by atoms with van der Waals surface area (Å²) >= 11 is 2.20. The van der Waals surface area contributed by atoms with Crippen LogP contribution in [-0.4, -0.2) is 35.0 Å². The van der Waals surface area contributed by atoms with E-state index < -0.39 is 11.9 Å². The molecule has 0 spiro atoms. The molecule has 1 aromatic carbocycles. The lowest BCUT2D eigenvalue weighted by Gasteiger charge is -2.30. The Morgan fingerprint density at radius 3 is 2.79 bits per heavy atom. The molecule has 1 N–H and O–H groups in total. The fourth-order valence-electron chi connectivity index (χ4n) is 2.27. The SMILES string of the molecule is Cc1ccc(C(=O)N2CCCC(C(=O)O)C2)cc1I. The van der Waals surface area contributed by atoms with Gasteiger partial charge in [-0.15, -0.1) is 0 Å². The Balaban J connectivity index is 2.14. The van der Waals surface area contributed by atoms with Crippen molar-refractivity contribution in [2.45, 2.75) is 19.8 Å². The van der Waals surface area contributed by atoms with Crippen molar-refractivity contribution < 1.29 is 14.7 Å². The van der Waals surface area contributed by atoms with Crippen LogP contribution in [0, 0.1) is 16.4 Å². The first-order valence-corrected chi connectivity index (χ1v) is 7.35. The molecule has 0 radical (unpaired) electrons. The van der Waals surface area contributed by atoms with E-state index in [0.29, 0.717) is 25.1 Å². The number of hydrogen-bond acceptors (Lipinski definition) is 2. The van der Waals surface area contributed by atoms with Crippen LogP contribution in [-0.2, 0) is 4.79 Å². The molecule has 4 nitrogen and oxygen atoms in total. The molecule has 1 aromatic rings. The lowest BCUT2D eigenvalue weighted by atomic mass is 9.97. The van der Waals surface area contributed by atoms with Gasteiger partial charge in [0.1, 0.15) is 0 Å². The van der Waals surface area contributed by atoms with Crippen LogP contribution in [0.2, 0.25) is 0 Å². The van der Waals surface area contributed by atoms with E-state index in [9.17, 15) is 9.59 Å². The Kier molecular flexibility index (Phi) is 4.44. The number of likely N-dealkylation sites (tertiary alicyclic amines) is 1. The van der Waals surface area contributed by atoms with Gasteiger partial charge < -0.3 is 10.0 Å². The molecule has 1 saturated heterocycles. The summed E-state index contributed by atoms with van der Waals surface area (Å²) in [6.45, 7) is 2.96. The van der Waals surface area contributed by atoms with Gasteiger partial charge in [-0.1, -0.05) is 6.07 Å². The Labute approximate surface area is 125 Å². The second kappa shape index (κ2) is 5.90. The van der Waals surface area contributed by atoms with Crippen molar-refractivity contribution in [1.82, 2.24) is 4.90 Å². The molecular weight excluding hydrogens is 357 g/mol. The van der Waals surface area contributed by atoms with Crippen LogP contribution < -0.4 is 0 Å². The summed E-state index contributed by atoms with van der Waals surface area (Å²) in [4.78, 5) is 25.0. The topological polar surface area (TPSA) is 57.6 Å². The highest BCUT2D eigenvalue weighted by Gasteiger charge is 2.28. The molecule has 2 rings (SSSR count). The minimum Gasteiger partial charge on any atom is -0.481 e. The summed E-state index contributed by atoms with van der Waals surface area (Å²) in [6.07, 6.45) is 1.41. The normalized spacial score (nSPS) is 19.3. The molecule has 5 heteroatoms. The molecule has 1 atom stereocenters. The maximum atomic E-state index is 12.4. The van der Waals surface area contributed by atoms with Gasteiger partial charge in [-0.3, -0.25) is 9.59 Å². The lowest BCUT2D eigenvalue weighted by Crippen LogP contribution is -2.42. The van der Waals surface area contributed by atoms with E-state index in [4.69, 9.17) is 5.11 Å². The monoisotopic (exact) mass is 373 g/mol. The highest BCUT2D eigenvalue weighted by molar-refractivity contribution is 14.1. The maximum absolute atomic E-state index is 12.4.